The number of sulfonamides is 1. The Kier molecular flexibility index (Phi) is 7.94. The second-order valence-electron chi connectivity index (χ2n) is 9.36. The Bertz CT molecular complexity index is 1540. The second kappa shape index (κ2) is 11.2. The van der Waals surface area contributed by atoms with E-state index in [-0.39, 0.29) is 16.1 Å². The third-order valence-electron chi connectivity index (χ3n) is 6.78. The molecule has 9 nitrogen and oxygen atoms in total. The molecule has 1 aliphatic heterocycles. The molecule has 1 fully saturated rings. The lowest BCUT2D eigenvalue weighted by Gasteiger charge is -2.25. The standard InChI is InChI=1S/C26H30ClN5O4S2/c1-31-13-5-9-20(31)26(33)28-15-17-6-3-7-18(14-17)16-32-19-8-4-10-21(36-2)24(19)25(29-32)30-38(34,35)23-12-11-22(27)37-23/h3-4,6-8,10-12,14,20,26,28,33H,5,9,13,15-16H2,1-2H3,(H,29,30). The number of aromatic nitrogens is 2. The molecule has 4 aromatic rings. The molecule has 1 saturated heterocycles. The summed E-state index contributed by atoms with van der Waals surface area (Å²) < 4.78 is 36.5. The number of benzene rings is 2. The summed E-state index contributed by atoms with van der Waals surface area (Å²) in [6.07, 6.45) is 1.48. The van der Waals surface area contributed by atoms with Crippen molar-refractivity contribution in [3.63, 3.8) is 0 Å². The average Bonchev–Trinajstić information content (AvgIpc) is 3.62. The maximum atomic E-state index is 13.0. The summed E-state index contributed by atoms with van der Waals surface area (Å²) in [5, 5.41) is 19.0. The van der Waals surface area contributed by atoms with Crippen LogP contribution in [0.1, 0.15) is 24.0 Å². The van der Waals surface area contributed by atoms with E-state index in [1.165, 1.54) is 13.2 Å². The number of likely N-dealkylation sites (N-methyl/N-ethyl adjacent to an activating group) is 1. The number of hydrogen-bond acceptors (Lipinski definition) is 8. The maximum absolute atomic E-state index is 13.0. The molecule has 202 valence electrons. The molecule has 38 heavy (non-hydrogen) atoms. The highest BCUT2D eigenvalue weighted by atomic mass is 35.5. The zero-order chi connectivity index (χ0) is 26.9. The van der Waals surface area contributed by atoms with Gasteiger partial charge < -0.3 is 9.84 Å². The highest BCUT2D eigenvalue weighted by Gasteiger charge is 2.27. The van der Waals surface area contributed by atoms with Crippen molar-refractivity contribution in [3.05, 3.63) is 70.1 Å². The van der Waals surface area contributed by atoms with Gasteiger partial charge in [0.05, 0.1) is 28.9 Å². The normalized spacial score (nSPS) is 17.2. The van der Waals surface area contributed by atoms with Gasteiger partial charge in [-0.2, -0.15) is 5.10 Å². The van der Waals surface area contributed by atoms with E-state index in [2.05, 4.69) is 26.1 Å². The zero-order valence-electron chi connectivity index (χ0n) is 21.1. The number of aliphatic hydroxyl groups is 1. The van der Waals surface area contributed by atoms with Gasteiger partial charge in [-0.25, -0.2) is 8.42 Å². The second-order valence-corrected chi connectivity index (χ2v) is 13.0. The first-order valence-corrected chi connectivity index (χ1v) is 14.9. The van der Waals surface area contributed by atoms with E-state index in [9.17, 15) is 13.5 Å². The molecular formula is C26H30ClN5O4S2. The first kappa shape index (κ1) is 26.9. The minimum atomic E-state index is -3.88. The quantitative estimate of drug-likeness (QED) is 0.244. The fourth-order valence-electron chi connectivity index (χ4n) is 4.88. The topological polar surface area (TPSA) is 109 Å². The van der Waals surface area contributed by atoms with E-state index < -0.39 is 16.3 Å². The van der Waals surface area contributed by atoms with Gasteiger partial charge in [0.25, 0.3) is 10.0 Å². The number of ether oxygens (including phenoxy) is 1. The SMILES string of the molecule is COc1cccc2c1c(NS(=O)(=O)c1ccc(Cl)s1)nn2Cc1cccc(CNC(O)C2CCCN2C)c1. The van der Waals surface area contributed by atoms with Crippen molar-refractivity contribution >= 4 is 49.7 Å². The number of thiophene rings is 1. The first-order valence-electron chi connectivity index (χ1n) is 12.3. The van der Waals surface area contributed by atoms with Crippen LogP contribution in [0.3, 0.4) is 0 Å². The van der Waals surface area contributed by atoms with Crippen LogP contribution in [-0.4, -0.2) is 61.2 Å². The Morgan fingerprint density at radius 1 is 1.21 bits per heavy atom. The third-order valence-corrected chi connectivity index (χ3v) is 9.85. The Morgan fingerprint density at radius 2 is 2.00 bits per heavy atom. The molecule has 0 amide bonds. The van der Waals surface area contributed by atoms with E-state index in [0.29, 0.717) is 28.6 Å². The number of hydrogen-bond donors (Lipinski definition) is 3. The van der Waals surface area contributed by atoms with Gasteiger partial charge in [0.1, 0.15) is 16.2 Å². The van der Waals surface area contributed by atoms with Crippen molar-refractivity contribution in [2.24, 2.45) is 0 Å². The number of fused-ring (bicyclic) bond motifs is 1. The summed E-state index contributed by atoms with van der Waals surface area (Å²) in [5.74, 6) is 0.697. The largest absolute Gasteiger partial charge is 0.496 e. The highest BCUT2D eigenvalue weighted by Crippen LogP contribution is 2.35. The van der Waals surface area contributed by atoms with Crippen LogP contribution < -0.4 is 14.8 Å². The van der Waals surface area contributed by atoms with Gasteiger partial charge in [0, 0.05) is 12.6 Å². The van der Waals surface area contributed by atoms with Crippen LogP contribution in [0, 0.1) is 0 Å². The van der Waals surface area contributed by atoms with Crippen LogP contribution in [0.2, 0.25) is 4.34 Å². The van der Waals surface area contributed by atoms with E-state index in [0.717, 1.165) is 47.4 Å². The van der Waals surface area contributed by atoms with Crippen molar-refractivity contribution in [2.45, 2.75) is 42.4 Å². The molecule has 3 heterocycles. The van der Waals surface area contributed by atoms with Gasteiger partial charge in [0.15, 0.2) is 5.82 Å². The van der Waals surface area contributed by atoms with Crippen molar-refractivity contribution < 1.29 is 18.3 Å². The van der Waals surface area contributed by atoms with E-state index in [1.807, 2.05) is 37.4 Å². The monoisotopic (exact) mass is 575 g/mol. The molecule has 12 heteroatoms. The number of nitrogens with zero attached hydrogens (tertiary/aromatic N) is 3. The predicted octanol–water partition coefficient (Wildman–Crippen LogP) is 4.11. The van der Waals surface area contributed by atoms with E-state index in [4.69, 9.17) is 16.3 Å². The van der Waals surface area contributed by atoms with Gasteiger partial charge >= 0.3 is 0 Å². The molecule has 2 atom stereocenters. The van der Waals surface area contributed by atoms with Crippen LogP contribution in [0.4, 0.5) is 5.82 Å². The first-order chi connectivity index (χ1) is 18.2. The van der Waals surface area contributed by atoms with Crippen LogP contribution in [-0.2, 0) is 23.1 Å². The van der Waals surface area contributed by atoms with Crippen molar-refractivity contribution in [3.8, 4) is 5.75 Å². The lowest BCUT2D eigenvalue weighted by Crippen LogP contribution is -2.45. The van der Waals surface area contributed by atoms with Crippen molar-refractivity contribution in [1.82, 2.24) is 20.0 Å². The number of rotatable bonds is 10. The minimum absolute atomic E-state index is 0.103. The van der Waals surface area contributed by atoms with Gasteiger partial charge in [-0.15, -0.1) is 11.3 Å². The molecule has 0 bridgehead atoms. The number of halogens is 1. The molecule has 0 spiro atoms. The van der Waals surface area contributed by atoms with Gasteiger partial charge in [-0.05, 0) is 61.8 Å². The van der Waals surface area contributed by atoms with Crippen LogP contribution >= 0.6 is 22.9 Å². The third kappa shape index (κ3) is 5.68. The smallest absolute Gasteiger partial charge is 0.272 e. The summed E-state index contributed by atoms with van der Waals surface area (Å²) in [7, 11) is -0.307. The van der Waals surface area contributed by atoms with Gasteiger partial charge in [0.2, 0.25) is 0 Å². The highest BCUT2D eigenvalue weighted by molar-refractivity contribution is 7.94. The molecular weight excluding hydrogens is 546 g/mol. The van der Waals surface area contributed by atoms with E-state index in [1.54, 1.807) is 16.8 Å². The predicted molar refractivity (Wildman–Crippen MR) is 150 cm³/mol. The molecule has 0 saturated carbocycles. The number of methoxy groups -OCH3 is 1. The summed E-state index contributed by atoms with van der Waals surface area (Å²) >= 11 is 6.94. The van der Waals surface area contributed by atoms with Crippen LogP contribution in [0.25, 0.3) is 10.9 Å². The Balaban J connectivity index is 1.39. The molecule has 0 aliphatic carbocycles. The Labute approximate surface area is 231 Å². The molecule has 2 aromatic heterocycles. The van der Waals surface area contributed by atoms with Crippen LogP contribution in [0.15, 0.2) is 58.8 Å². The summed E-state index contributed by atoms with van der Waals surface area (Å²) in [6, 6.07) is 16.7. The Hall–Kier alpha value is -2.67. The summed E-state index contributed by atoms with van der Waals surface area (Å²) in [6.45, 7) is 1.94. The molecule has 2 aromatic carbocycles. The minimum Gasteiger partial charge on any atom is -0.496 e. The average molecular weight is 576 g/mol. The number of anilines is 1. The molecule has 5 rings (SSSR count). The summed E-state index contributed by atoms with van der Waals surface area (Å²) in [4.78, 5) is 2.18. The van der Waals surface area contributed by atoms with Gasteiger partial charge in [-0.3, -0.25) is 19.6 Å². The van der Waals surface area contributed by atoms with E-state index >= 15 is 0 Å². The van der Waals surface area contributed by atoms with Gasteiger partial charge in [-0.1, -0.05) is 41.9 Å². The maximum Gasteiger partial charge on any atom is 0.272 e. The van der Waals surface area contributed by atoms with Crippen molar-refractivity contribution in [2.75, 3.05) is 25.4 Å². The zero-order valence-corrected chi connectivity index (χ0v) is 23.5. The number of likely N-dealkylation sites (tertiary alicyclic amines) is 1. The lowest BCUT2D eigenvalue weighted by molar-refractivity contribution is 0.0562. The number of nitrogens with one attached hydrogen (secondary N) is 2. The lowest BCUT2D eigenvalue weighted by atomic mass is 10.1. The Morgan fingerprint density at radius 3 is 2.71 bits per heavy atom. The fraction of sp³-hybridized carbons (Fsp3) is 0.346. The van der Waals surface area contributed by atoms with Crippen LogP contribution in [0.5, 0.6) is 5.75 Å². The molecule has 0 radical (unpaired) electrons. The molecule has 2 unspecified atom stereocenters. The van der Waals surface area contributed by atoms with Crippen molar-refractivity contribution in [1.29, 1.82) is 0 Å². The molecule has 1 aliphatic rings. The fourth-order valence-corrected chi connectivity index (χ4v) is 7.38. The molecule has 3 N–H and O–H groups in total. The number of aliphatic hydroxyl groups excluding tert-OH is 1. The summed E-state index contributed by atoms with van der Waals surface area (Å²) in [5.41, 5.74) is 2.75.